The van der Waals surface area contributed by atoms with Crippen molar-refractivity contribution in [3.63, 3.8) is 0 Å². The van der Waals surface area contributed by atoms with Crippen molar-refractivity contribution in [2.45, 2.75) is 38.3 Å². The lowest BCUT2D eigenvalue weighted by molar-refractivity contribution is 0.195. The third kappa shape index (κ3) is 3.81. The van der Waals surface area contributed by atoms with E-state index in [-0.39, 0.29) is 12.1 Å². The molecule has 0 fully saturated rings. The molecule has 6 nitrogen and oxygen atoms in total. The Balaban J connectivity index is 1.45. The lowest BCUT2D eigenvalue weighted by Crippen LogP contribution is -2.37. The Hall–Kier alpha value is -3.23. The summed E-state index contributed by atoms with van der Waals surface area (Å²) in [6, 6.07) is 13.5. The Bertz CT molecular complexity index is 1370. The predicted molar refractivity (Wildman–Crippen MR) is 141 cm³/mol. The number of fused-ring (bicyclic) bond motifs is 5. The fraction of sp³-hybridized carbons (Fsp3) is 0.296. The van der Waals surface area contributed by atoms with Gasteiger partial charge in [0, 0.05) is 27.6 Å². The number of ether oxygens (including phenoxy) is 2. The molecule has 1 N–H and O–H groups in total. The lowest BCUT2D eigenvalue weighted by atomic mass is 9.95. The number of thiophene rings is 2. The molecule has 2 amide bonds. The number of nitrogens with zero attached hydrogens (tertiary/aromatic N) is 2. The molecule has 1 aromatic carbocycles. The number of aryl methyl sites for hydroxylation is 1. The van der Waals surface area contributed by atoms with E-state index in [9.17, 15) is 4.79 Å². The summed E-state index contributed by atoms with van der Waals surface area (Å²) in [5.41, 5.74) is 4.47. The van der Waals surface area contributed by atoms with Gasteiger partial charge in [0.2, 0.25) is 0 Å². The highest BCUT2D eigenvalue weighted by molar-refractivity contribution is 7.15. The third-order valence-electron chi connectivity index (χ3n) is 6.90. The fourth-order valence-electron chi connectivity index (χ4n) is 5.22. The van der Waals surface area contributed by atoms with Crippen LogP contribution in [0.2, 0.25) is 0 Å². The SMILES string of the molecule is COc1ccc(NC(=O)N2Cc3c(sc4c3CCCC4)-n3cccc3[C@@H]2c2cccs2)c(OC)c1. The summed E-state index contributed by atoms with van der Waals surface area (Å²) in [6.07, 6.45) is 6.81. The first kappa shape index (κ1) is 22.2. The van der Waals surface area contributed by atoms with Crippen LogP contribution in [-0.2, 0) is 19.4 Å². The molecule has 1 aliphatic carbocycles. The van der Waals surface area contributed by atoms with Gasteiger partial charge < -0.3 is 24.3 Å². The minimum Gasteiger partial charge on any atom is -0.497 e. The number of benzene rings is 1. The molecule has 1 atom stereocenters. The van der Waals surface area contributed by atoms with Crippen molar-refractivity contribution in [2.24, 2.45) is 0 Å². The molecule has 4 aromatic rings. The number of hydrogen-bond donors (Lipinski definition) is 1. The van der Waals surface area contributed by atoms with Gasteiger partial charge >= 0.3 is 6.03 Å². The van der Waals surface area contributed by atoms with Crippen LogP contribution < -0.4 is 14.8 Å². The molecule has 0 spiro atoms. The second kappa shape index (κ2) is 9.09. The van der Waals surface area contributed by atoms with Gasteiger partial charge in [-0.1, -0.05) is 6.07 Å². The number of carbonyl (C=O) groups excluding carboxylic acids is 1. The van der Waals surface area contributed by atoms with Gasteiger partial charge in [0.25, 0.3) is 0 Å². The number of anilines is 1. The summed E-state index contributed by atoms with van der Waals surface area (Å²) < 4.78 is 13.2. The van der Waals surface area contributed by atoms with E-state index in [1.54, 1.807) is 31.6 Å². The maximum Gasteiger partial charge on any atom is 0.323 e. The molecule has 4 heterocycles. The van der Waals surface area contributed by atoms with Crippen molar-refractivity contribution in [1.29, 1.82) is 0 Å². The Morgan fingerprint density at radius 2 is 1.94 bits per heavy atom. The largest absolute Gasteiger partial charge is 0.497 e. The number of carbonyl (C=O) groups is 1. The van der Waals surface area contributed by atoms with Crippen LogP contribution in [0.15, 0.2) is 54.0 Å². The smallest absolute Gasteiger partial charge is 0.323 e. The van der Waals surface area contributed by atoms with Gasteiger partial charge in [-0.25, -0.2) is 4.79 Å². The van der Waals surface area contributed by atoms with Crippen LogP contribution in [0.5, 0.6) is 11.5 Å². The van der Waals surface area contributed by atoms with Gasteiger partial charge in [-0.05, 0) is 67.0 Å². The molecule has 8 heteroatoms. The first-order valence-corrected chi connectivity index (χ1v) is 13.5. The Kier molecular flexibility index (Phi) is 5.78. The van der Waals surface area contributed by atoms with E-state index in [0.717, 1.165) is 23.4 Å². The molecule has 3 aromatic heterocycles. The monoisotopic (exact) mass is 505 g/mol. The molecule has 35 heavy (non-hydrogen) atoms. The zero-order valence-corrected chi connectivity index (χ0v) is 21.4. The minimum absolute atomic E-state index is 0.150. The van der Waals surface area contributed by atoms with Gasteiger partial charge in [0.05, 0.1) is 32.1 Å². The van der Waals surface area contributed by atoms with Crippen molar-refractivity contribution < 1.29 is 14.3 Å². The second-order valence-electron chi connectivity index (χ2n) is 8.84. The van der Waals surface area contributed by atoms with Gasteiger partial charge in [-0.3, -0.25) is 0 Å². The summed E-state index contributed by atoms with van der Waals surface area (Å²) in [5, 5.41) is 6.47. The summed E-state index contributed by atoms with van der Waals surface area (Å²) in [6.45, 7) is 0.565. The van der Waals surface area contributed by atoms with E-state index in [1.165, 1.54) is 33.8 Å². The van der Waals surface area contributed by atoms with Gasteiger partial charge in [-0.2, -0.15) is 0 Å². The topological polar surface area (TPSA) is 55.7 Å². The van der Waals surface area contributed by atoms with E-state index in [1.807, 2.05) is 28.4 Å². The standard InChI is InChI=1S/C27H27N3O3S2/c1-32-17-11-12-20(22(15-17)33-2)28-27(31)30-16-19-18-7-3-4-9-23(18)35-26(19)29-13-5-8-21(29)25(30)24-10-6-14-34-24/h5-6,8,10-15,25H,3-4,7,9,16H2,1-2H3,(H,28,31)/t25-/m1/s1. The maximum absolute atomic E-state index is 14.0. The summed E-state index contributed by atoms with van der Waals surface area (Å²) >= 11 is 3.58. The highest BCUT2D eigenvalue weighted by Crippen LogP contribution is 2.45. The second-order valence-corrected chi connectivity index (χ2v) is 10.9. The number of amides is 2. The van der Waals surface area contributed by atoms with Crippen LogP contribution in [0.1, 0.15) is 45.5 Å². The van der Waals surface area contributed by atoms with Crippen LogP contribution in [0.4, 0.5) is 10.5 Å². The summed E-state index contributed by atoms with van der Waals surface area (Å²) in [5.74, 6) is 1.25. The summed E-state index contributed by atoms with van der Waals surface area (Å²) in [7, 11) is 3.21. The van der Waals surface area contributed by atoms with Crippen molar-refractivity contribution in [3.8, 4) is 16.5 Å². The summed E-state index contributed by atoms with van der Waals surface area (Å²) in [4.78, 5) is 18.6. The molecule has 180 valence electrons. The van der Waals surface area contributed by atoms with E-state index in [2.05, 4.69) is 45.7 Å². The fourth-order valence-corrected chi connectivity index (χ4v) is 7.47. The molecular weight excluding hydrogens is 478 g/mol. The van der Waals surface area contributed by atoms with Crippen LogP contribution in [0, 0.1) is 0 Å². The van der Waals surface area contributed by atoms with E-state index in [4.69, 9.17) is 9.47 Å². The number of aromatic nitrogens is 1. The van der Waals surface area contributed by atoms with Crippen molar-refractivity contribution in [1.82, 2.24) is 9.47 Å². The van der Waals surface area contributed by atoms with Crippen molar-refractivity contribution in [3.05, 3.63) is 80.6 Å². The molecule has 0 bridgehead atoms. The zero-order valence-electron chi connectivity index (χ0n) is 19.7. The normalized spacial score (nSPS) is 16.6. The molecule has 1 aliphatic heterocycles. The number of nitrogens with one attached hydrogen (secondary N) is 1. The molecule has 0 radical (unpaired) electrons. The van der Waals surface area contributed by atoms with Gasteiger partial charge in [0.15, 0.2) is 0 Å². The van der Waals surface area contributed by atoms with Crippen LogP contribution >= 0.6 is 22.7 Å². The highest BCUT2D eigenvalue weighted by atomic mass is 32.1. The van der Waals surface area contributed by atoms with E-state index in [0.29, 0.717) is 23.7 Å². The van der Waals surface area contributed by atoms with Crippen LogP contribution in [0.3, 0.4) is 0 Å². The molecule has 0 saturated heterocycles. The zero-order chi connectivity index (χ0) is 23.9. The van der Waals surface area contributed by atoms with Gasteiger partial charge in [-0.15, -0.1) is 22.7 Å². The molecule has 0 unspecified atom stereocenters. The number of methoxy groups -OCH3 is 2. The van der Waals surface area contributed by atoms with Crippen LogP contribution in [-0.4, -0.2) is 29.7 Å². The first-order chi connectivity index (χ1) is 17.2. The van der Waals surface area contributed by atoms with Crippen molar-refractivity contribution in [2.75, 3.05) is 19.5 Å². The molecule has 6 rings (SSSR count). The Morgan fingerprint density at radius 1 is 1.06 bits per heavy atom. The molecule has 2 aliphatic rings. The predicted octanol–water partition coefficient (Wildman–Crippen LogP) is 6.63. The average Bonchev–Trinajstić information content (AvgIpc) is 3.64. The third-order valence-corrected chi connectivity index (χ3v) is 9.16. The first-order valence-electron chi connectivity index (χ1n) is 11.8. The molecule has 0 saturated carbocycles. The Morgan fingerprint density at radius 3 is 2.74 bits per heavy atom. The molecular formula is C27H27N3O3S2. The number of urea groups is 1. The van der Waals surface area contributed by atoms with E-state index >= 15 is 0 Å². The van der Waals surface area contributed by atoms with Crippen LogP contribution in [0.25, 0.3) is 5.00 Å². The average molecular weight is 506 g/mol. The Labute approximate surface area is 212 Å². The maximum atomic E-state index is 14.0. The quantitative estimate of drug-likeness (QED) is 0.339. The van der Waals surface area contributed by atoms with E-state index < -0.39 is 0 Å². The van der Waals surface area contributed by atoms with Gasteiger partial charge in [0.1, 0.15) is 22.5 Å². The lowest BCUT2D eigenvalue weighted by Gasteiger charge is -2.30. The number of hydrogen-bond acceptors (Lipinski definition) is 5. The highest BCUT2D eigenvalue weighted by Gasteiger charge is 2.36. The minimum atomic E-state index is -0.187. The number of rotatable bonds is 4. The van der Waals surface area contributed by atoms with Crippen molar-refractivity contribution >= 4 is 34.4 Å².